The lowest BCUT2D eigenvalue weighted by Gasteiger charge is -2.09. The second-order valence-electron chi connectivity index (χ2n) is 5.59. The Bertz CT molecular complexity index is 936. The average Bonchev–Trinajstić information content (AvgIpc) is 2.67. The molecule has 130 valence electrons. The number of carboxylic acid groups (broad SMARTS) is 1. The number of benzene rings is 3. The van der Waals surface area contributed by atoms with Crippen LogP contribution in [0.1, 0.15) is 15.9 Å². The van der Waals surface area contributed by atoms with Crippen molar-refractivity contribution in [1.29, 1.82) is 0 Å². The summed E-state index contributed by atoms with van der Waals surface area (Å²) >= 11 is 0. The van der Waals surface area contributed by atoms with E-state index in [2.05, 4.69) is 0 Å². The highest BCUT2D eigenvalue weighted by Gasteiger charge is 2.16. The van der Waals surface area contributed by atoms with E-state index in [1.54, 1.807) is 24.3 Å². The van der Waals surface area contributed by atoms with E-state index in [9.17, 15) is 20.0 Å². The number of hydrogen-bond donors (Lipinski definition) is 1. The van der Waals surface area contributed by atoms with Gasteiger partial charge in [0, 0.05) is 17.7 Å². The first-order chi connectivity index (χ1) is 12.5. The van der Waals surface area contributed by atoms with Crippen LogP contribution in [0.3, 0.4) is 0 Å². The topological polar surface area (TPSA) is 89.7 Å². The van der Waals surface area contributed by atoms with E-state index in [4.69, 9.17) is 4.74 Å². The van der Waals surface area contributed by atoms with Crippen molar-refractivity contribution >= 4 is 11.7 Å². The molecule has 0 aromatic heterocycles. The van der Waals surface area contributed by atoms with E-state index in [1.165, 1.54) is 18.2 Å². The molecule has 3 aromatic carbocycles. The van der Waals surface area contributed by atoms with E-state index < -0.39 is 10.9 Å². The van der Waals surface area contributed by atoms with E-state index in [-0.39, 0.29) is 11.3 Å². The molecule has 6 nitrogen and oxygen atoms in total. The van der Waals surface area contributed by atoms with Gasteiger partial charge in [-0.25, -0.2) is 4.79 Å². The number of carboxylic acids is 1. The molecule has 0 atom stereocenters. The van der Waals surface area contributed by atoms with Gasteiger partial charge >= 0.3 is 5.97 Å². The first kappa shape index (κ1) is 17.2. The number of ether oxygens (including phenoxy) is 1. The highest BCUT2D eigenvalue weighted by Crippen LogP contribution is 2.29. The quantitative estimate of drug-likeness (QED) is 0.521. The molecule has 0 aliphatic carbocycles. The van der Waals surface area contributed by atoms with Gasteiger partial charge < -0.3 is 9.84 Å². The minimum Gasteiger partial charge on any atom is -0.489 e. The maximum Gasteiger partial charge on any atom is 0.336 e. The normalized spacial score (nSPS) is 10.3. The van der Waals surface area contributed by atoms with Crippen molar-refractivity contribution in [3.05, 3.63) is 94.0 Å². The van der Waals surface area contributed by atoms with Crippen molar-refractivity contribution in [2.75, 3.05) is 0 Å². The Morgan fingerprint density at radius 1 is 1.00 bits per heavy atom. The number of hydrogen-bond acceptors (Lipinski definition) is 4. The molecule has 26 heavy (non-hydrogen) atoms. The van der Waals surface area contributed by atoms with Crippen LogP contribution in [0, 0.1) is 10.1 Å². The molecule has 3 rings (SSSR count). The zero-order valence-corrected chi connectivity index (χ0v) is 13.7. The van der Waals surface area contributed by atoms with Crippen molar-refractivity contribution in [3.8, 4) is 16.9 Å². The van der Waals surface area contributed by atoms with Gasteiger partial charge in [0.2, 0.25) is 0 Å². The Balaban J connectivity index is 1.85. The Morgan fingerprint density at radius 2 is 1.69 bits per heavy atom. The fraction of sp³-hybridized carbons (Fsp3) is 0.0500. The van der Waals surface area contributed by atoms with Crippen LogP contribution in [-0.4, -0.2) is 16.0 Å². The molecule has 0 spiro atoms. The monoisotopic (exact) mass is 349 g/mol. The number of rotatable bonds is 6. The summed E-state index contributed by atoms with van der Waals surface area (Å²) in [7, 11) is 0. The number of nitro benzene ring substituents is 1. The van der Waals surface area contributed by atoms with Gasteiger partial charge in [0.15, 0.2) is 0 Å². The molecule has 0 radical (unpaired) electrons. The van der Waals surface area contributed by atoms with E-state index in [0.29, 0.717) is 23.5 Å². The first-order valence-corrected chi connectivity index (χ1v) is 7.83. The third kappa shape index (κ3) is 3.87. The highest BCUT2D eigenvalue weighted by atomic mass is 16.6. The molecule has 0 amide bonds. The molecule has 0 aliphatic rings. The predicted octanol–water partition coefficient (Wildman–Crippen LogP) is 4.54. The summed E-state index contributed by atoms with van der Waals surface area (Å²) in [5.74, 6) is -0.515. The van der Waals surface area contributed by atoms with Gasteiger partial charge in [0.05, 0.1) is 10.5 Å². The van der Waals surface area contributed by atoms with E-state index >= 15 is 0 Å². The number of non-ortho nitro benzene ring substituents is 1. The lowest BCUT2D eigenvalue weighted by atomic mass is 9.99. The maximum absolute atomic E-state index is 11.4. The summed E-state index contributed by atoms with van der Waals surface area (Å²) in [6, 6.07) is 20.2. The zero-order valence-electron chi connectivity index (χ0n) is 13.7. The third-order valence-corrected chi connectivity index (χ3v) is 3.86. The first-order valence-electron chi connectivity index (χ1n) is 7.83. The summed E-state index contributed by atoms with van der Waals surface area (Å²) in [6.07, 6.45) is 0. The highest BCUT2D eigenvalue weighted by molar-refractivity contribution is 5.96. The van der Waals surface area contributed by atoms with Crippen molar-refractivity contribution in [2.45, 2.75) is 6.61 Å². The van der Waals surface area contributed by atoms with Gasteiger partial charge in [0.1, 0.15) is 12.4 Å². The Morgan fingerprint density at radius 3 is 2.31 bits per heavy atom. The summed E-state index contributed by atoms with van der Waals surface area (Å²) < 4.78 is 5.70. The molecule has 0 fully saturated rings. The van der Waals surface area contributed by atoms with Gasteiger partial charge in [-0.2, -0.15) is 0 Å². The molecular formula is C20H15NO5. The number of nitrogens with zero attached hydrogens (tertiary/aromatic N) is 1. The van der Waals surface area contributed by atoms with Gasteiger partial charge in [-0.05, 0) is 29.3 Å². The summed E-state index contributed by atoms with van der Waals surface area (Å²) in [5, 5.41) is 20.3. The SMILES string of the molecule is O=C(O)c1ccc([N+](=O)[O-])cc1-c1ccc(OCc2ccccc2)cc1. The zero-order chi connectivity index (χ0) is 18.5. The summed E-state index contributed by atoms with van der Waals surface area (Å²) in [6.45, 7) is 0.414. The molecule has 0 bridgehead atoms. The minimum absolute atomic E-state index is 0.00792. The average molecular weight is 349 g/mol. The van der Waals surface area contributed by atoms with Crippen LogP contribution in [0.4, 0.5) is 5.69 Å². The lowest BCUT2D eigenvalue weighted by Crippen LogP contribution is -2.01. The predicted molar refractivity (Wildman–Crippen MR) is 96.3 cm³/mol. The number of nitro groups is 1. The molecule has 3 aromatic rings. The number of aromatic carboxylic acids is 1. The molecule has 0 unspecified atom stereocenters. The standard InChI is InChI=1S/C20H15NO5/c22-20(23)18-11-8-16(21(24)25)12-19(18)15-6-9-17(10-7-15)26-13-14-4-2-1-3-5-14/h1-12H,13H2,(H,22,23). The van der Waals surface area contributed by atoms with Crippen LogP contribution >= 0.6 is 0 Å². The lowest BCUT2D eigenvalue weighted by molar-refractivity contribution is -0.384. The molecular weight excluding hydrogens is 334 g/mol. The van der Waals surface area contributed by atoms with Gasteiger partial charge in [0.25, 0.3) is 5.69 Å². The van der Waals surface area contributed by atoms with Crippen LogP contribution < -0.4 is 4.74 Å². The summed E-state index contributed by atoms with van der Waals surface area (Å²) in [5.41, 5.74) is 1.74. The second kappa shape index (κ2) is 7.48. The Hall–Kier alpha value is -3.67. The van der Waals surface area contributed by atoms with Gasteiger partial charge in [-0.3, -0.25) is 10.1 Å². The Kier molecular flexibility index (Phi) is 4.94. The fourth-order valence-electron chi connectivity index (χ4n) is 2.54. The summed E-state index contributed by atoms with van der Waals surface area (Å²) in [4.78, 5) is 21.8. The smallest absolute Gasteiger partial charge is 0.336 e. The molecule has 0 saturated carbocycles. The van der Waals surface area contributed by atoms with Crippen molar-refractivity contribution in [2.24, 2.45) is 0 Å². The maximum atomic E-state index is 11.4. The molecule has 0 aliphatic heterocycles. The number of carbonyl (C=O) groups is 1. The largest absolute Gasteiger partial charge is 0.489 e. The van der Waals surface area contributed by atoms with Crippen LogP contribution in [0.15, 0.2) is 72.8 Å². The van der Waals surface area contributed by atoms with Gasteiger partial charge in [-0.15, -0.1) is 0 Å². The minimum atomic E-state index is -1.14. The van der Waals surface area contributed by atoms with Gasteiger partial charge in [-0.1, -0.05) is 42.5 Å². The Labute approximate surface area is 149 Å². The van der Waals surface area contributed by atoms with Crippen molar-refractivity contribution < 1.29 is 19.6 Å². The van der Waals surface area contributed by atoms with Crippen molar-refractivity contribution in [1.82, 2.24) is 0 Å². The second-order valence-corrected chi connectivity index (χ2v) is 5.59. The van der Waals surface area contributed by atoms with E-state index in [1.807, 2.05) is 30.3 Å². The van der Waals surface area contributed by atoms with Crippen LogP contribution in [0.2, 0.25) is 0 Å². The van der Waals surface area contributed by atoms with Crippen LogP contribution in [-0.2, 0) is 6.61 Å². The molecule has 1 N–H and O–H groups in total. The van der Waals surface area contributed by atoms with E-state index in [0.717, 1.165) is 5.56 Å². The van der Waals surface area contributed by atoms with Crippen molar-refractivity contribution in [3.63, 3.8) is 0 Å². The third-order valence-electron chi connectivity index (χ3n) is 3.86. The molecule has 0 heterocycles. The van der Waals surface area contributed by atoms with Crippen LogP contribution in [0.25, 0.3) is 11.1 Å². The molecule has 0 saturated heterocycles. The van der Waals surface area contributed by atoms with Crippen LogP contribution in [0.5, 0.6) is 5.75 Å². The molecule has 6 heteroatoms. The fourth-order valence-corrected chi connectivity index (χ4v) is 2.54.